The zero-order valence-electron chi connectivity index (χ0n) is 12.1. The van der Waals surface area contributed by atoms with Gasteiger partial charge in [-0.15, -0.1) is 0 Å². The van der Waals surface area contributed by atoms with E-state index >= 15 is 0 Å². The number of anilines is 2. The molecule has 0 saturated heterocycles. The first-order valence-corrected chi connectivity index (χ1v) is 6.52. The van der Waals surface area contributed by atoms with E-state index in [-0.39, 0.29) is 12.6 Å². The SMILES string of the molecule is CNc1cc(NC(CCO)C(C)C)nc(COC)n1. The van der Waals surface area contributed by atoms with Gasteiger partial charge < -0.3 is 20.5 Å². The van der Waals surface area contributed by atoms with E-state index in [1.54, 1.807) is 7.11 Å². The van der Waals surface area contributed by atoms with E-state index in [0.29, 0.717) is 24.8 Å². The van der Waals surface area contributed by atoms with Crippen LogP contribution in [-0.2, 0) is 11.3 Å². The molecule has 0 aliphatic rings. The number of aliphatic hydroxyl groups is 1. The Kier molecular flexibility index (Phi) is 6.52. The molecule has 1 aromatic rings. The van der Waals surface area contributed by atoms with E-state index in [1.165, 1.54) is 0 Å². The normalized spacial score (nSPS) is 12.5. The fraction of sp³-hybridized carbons (Fsp3) is 0.692. The maximum absolute atomic E-state index is 9.10. The summed E-state index contributed by atoms with van der Waals surface area (Å²) in [6.45, 7) is 4.76. The third-order valence-corrected chi connectivity index (χ3v) is 2.88. The Hall–Kier alpha value is -1.40. The second-order valence-electron chi connectivity index (χ2n) is 4.74. The lowest BCUT2D eigenvalue weighted by molar-refractivity contribution is 0.178. The van der Waals surface area contributed by atoms with Crippen molar-refractivity contribution < 1.29 is 9.84 Å². The van der Waals surface area contributed by atoms with Crippen LogP contribution in [0.3, 0.4) is 0 Å². The van der Waals surface area contributed by atoms with Crippen molar-refractivity contribution in [1.29, 1.82) is 0 Å². The van der Waals surface area contributed by atoms with E-state index < -0.39 is 0 Å². The highest BCUT2D eigenvalue weighted by atomic mass is 16.5. The number of hydrogen-bond donors (Lipinski definition) is 3. The monoisotopic (exact) mass is 268 g/mol. The van der Waals surface area contributed by atoms with Crippen LogP contribution in [0.5, 0.6) is 0 Å². The second kappa shape index (κ2) is 7.91. The van der Waals surface area contributed by atoms with Crippen molar-refractivity contribution in [3.05, 3.63) is 11.9 Å². The van der Waals surface area contributed by atoms with Gasteiger partial charge in [-0.25, -0.2) is 9.97 Å². The van der Waals surface area contributed by atoms with Gasteiger partial charge in [-0.05, 0) is 12.3 Å². The van der Waals surface area contributed by atoms with Gasteiger partial charge in [0.2, 0.25) is 0 Å². The minimum atomic E-state index is 0.157. The Morgan fingerprint density at radius 2 is 2.00 bits per heavy atom. The van der Waals surface area contributed by atoms with Crippen LogP contribution in [0, 0.1) is 5.92 Å². The van der Waals surface area contributed by atoms with Crippen molar-refractivity contribution in [3.63, 3.8) is 0 Å². The summed E-state index contributed by atoms with van der Waals surface area (Å²) in [6, 6.07) is 2.03. The minimum Gasteiger partial charge on any atom is -0.396 e. The summed E-state index contributed by atoms with van der Waals surface area (Å²) in [6.07, 6.45) is 0.691. The van der Waals surface area contributed by atoms with Crippen LogP contribution in [-0.4, -0.2) is 41.9 Å². The third kappa shape index (κ3) is 5.00. The molecule has 6 nitrogen and oxygen atoms in total. The molecule has 0 saturated carbocycles. The van der Waals surface area contributed by atoms with Crippen LogP contribution in [0.2, 0.25) is 0 Å². The molecule has 3 N–H and O–H groups in total. The average Bonchev–Trinajstić information content (AvgIpc) is 2.38. The summed E-state index contributed by atoms with van der Waals surface area (Å²) in [5, 5.41) is 15.4. The molecule has 0 bridgehead atoms. The number of aromatic nitrogens is 2. The molecular formula is C13H24N4O2. The van der Waals surface area contributed by atoms with Gasteiger partial charge in [0.25, 0.3) is 0 Å². The van der Waals surface area contributed by atoms with Gasteiger partial charge in [-0.3, -0.25) is 0 Å². The van der Waals surface area contributed by atoms with Crippen LogP contribution in [0.25, 0.3) is 0 Å². The Balaban J connectivity index is 2.88. The minimum absolute atomic E-state index is 0.157. The molecule has 0 fully saturated rings. The summed E-state index contributed by atoms with van der Waals surface area (Å²) in [5.74, 6) is 2.53. The van der Waals surface area contributed by atoms with Crippen LogP contribution >= 0.6 is 0 Å². The molecule has 1 heterocycles. The maximum Gasteiger partial charge on any atom is 0.158 e. The average molecular weight is 268 g/mol. The van der Waals surface area contributed by atoms with Crippen molar-refractivity contribution >= 4 is 11.6 Å². The molecule has 1 rings (SSSR count). The molecular weight excluding hydrogens is 244 g/mol. The third-order valence-electron chi connectivity index (χ3n) is 2.88. The van der Waals surface area contributed by atoms with Crippen LogP contribution in [0.1, 0.15) is 26.1 Å². The number of aliphatic hydroxyl groups excluding tert-OH is 1. The smallest absolute Gasteiger partial charge is 0.158 e. The van der Waals surface area contributed by atoms with Gasteiger partial charge >= 0.3 is 0 Å². The van der Waals surface area contributed by atoms with Gasteiger partial charge in [0.1, 0.15) is 18.2 Å². The van der Waals surface area contributed by atoms with Crippen LogP contribution < -0.4 is 10.6 Å². The van der Waals surface area contributed by atoms with Crippen molar-refractivity contribution in [1.82, 2.24) is 9.97 Å². The largest absolute Gasteiger partial charge is 0.396 e. The predicted octanol–water partition coefficient (Wildman–Crippen LogP) is 1.48. The number of nitrogens with one attached hydrogen (secondary N) is 2. The van der Waals surface area contributed by atoms with Crippen molar-refractivity contribution in [3.8, 4) is 0 Å². The molecule has 19 heavy (non-hydrogen) atoms. The number of ether oxygens (including phenoxy) is 1. The molecule has 0 aliphatic heterocycles. The van der Waals surface area contributed by atoms with Crippen molar-refractivity contribution in [2.75, 3.05) is 31.4 Å². The van der Waals surface area contributed by atoms with E-state index in [4.69, 9.17) is 9.84 Å². The fourth-order valence-corrected chi connectivity index (χ4v) is 1.79. The van der Waals surface area contributed by atoms with Crippen LogP contribution in [0.15, 0.2) is 6.07 Å². The molecule has 0 spiro atoms. The molecule has 1 aromatic heterocycles. The van der Waals surface area contributed by atoms with Gasteiger partial charge in [0.15, 0.2) is 5.82 Å². The Morgan fingerprint density at radius 1 is 1.32 bits per heavy atom. The van der Waals surface area contributed by atoms with Crippen LogP contribution in [0.4, 0.5) is 11.6 Å². The summed E-state index contributed by atoms with van der Waals surface area (Å²) < 4.78 is 5.06. The number of rotatable bonds is 8. The molecule has 0 amide bonds. The summed E-state index contributed by atoms with van der Waals surface area (Å²) >= 11 is 0. The molecule has 108 valence electrons. The molecule has 6 heteroatoms. The molecule has 0 aromatic carbocycles. The van der Waals surface area contributed by atoms with E-state index in [0.717, 1.165) is 11.6 Å². The molecule has 0 radical (unpaired) electrons. The zero-order chi connectivity index (χ0) is 14.3. The van der Waals surface area contributed by atoms with Crippen molar-refractivity contribution in [2.24, 2.45) is 5.92 Å². The predicted molar refractivity (Wildman–Crippen MR) is 76.2 cm³/mol. The summed E-state index contributed by atoms with van der Waals surface area (Å²) in [5.41, 5.74) is 0. The first-order valence-electron chi connectivity index (χ1n) is 6.52. The Labute approximate surface area is 114 Å². The number of hydrogen-bond acceptors (Lipinski definition) is 6. The molecule has 1 atom stereocenters. The second-order valence-corrected chi connectivity index (χ2v) is 4.74. The van der Waals surface area contributed by atoms with Gasteiger partial charge in [0, 0.05) is 32.9 Å². The van der Waals surface area contributed by atoms with Gasteiger partial charge in [0.05, 0.1) is 0 Å². The Bertz CT molecular complexity index is 385. The quantitative estimate of drug-likeness (QED) is 0.663. The lowest BCUT2D eigenvalue weighted by Gasteiger charge is -2.22. The topological polar surface area (TPSA) is 79.3 Å². The number of methoxy groups -OCH3 is 1. The highest BCUT2D eigenvalue weighted by Crippen LogP contribution is 2.16. The van der Waals surface area contributed by atoms with E-state index in [1.807, 2.05) is 13.1 Å². The Morgan fingerprint density at radius 3 is 2.53 bits per heavy atom. The highest BCUT2D eigenvalue weighted by Gasteiger charge is 2.14. The fourth-order valence-electron chi connectivity index (χ4n) is 1.79. The lowest BCUT2D eigenvalue weighted by atomic mass is 10.0. The van der Waals surface area contributed by atoms with E-state index in [2.05, 4.69) is 34.4 Å². The lowest BCUT2D eigenvalue weighted by Crippen LogP contribution is -2.27. The van der Waals surface area contributed by atoms with Crippen molar-refractivity contribution in [2.45, 2.75) is 32.9 Å². The first kappa shape index (κ1) is 15.7. The van der Waals surface area contributed by atoms with E-state index in [9.17, 15) is 0 Å². The van der Waals surface area contributed by atoms with Gasteiger partial charge in [-0.2, -0.15) is 0 Å². The standard InChI is InChI=1S/C13H24N4O2/c1-9(2)10(5-6-18)15-12-7-11(14-3)16-13(17-12)8-19-4/h7,9-10,18H,5-6,8H2,1-4H3,(H2,14,15,16,17). The summed E-state index contributed by atoms with van der Waals surface area (Å²) in [7, 11) is 3.43. The molecule has 1 unspecified atom stereocenters. The summed E-state index contributed by atoms with van der Waals surface area (Å²) in [4.78, 5) is 8.71. The molecule has 0 aliphatic carbocycles. The number of nitrogens with zero attached hydrogens (tertiary/aromatic N) is 2. The highest BCUT2D eigenvalue weighted by molar-refractivity contribution is 5.47. The first-order chi connectivity index (χ1) is 9.10. The van der Waals surface area contributed by atoms with Gasteiger partial charge in [-0.1, -0.05) is 13.8 Å². The zero-order valence-corrected chi connectivity index (χ0v) is 12.1. The maximum atomic E-state index is 9.10.